The standard InChI is InChI=1S/C15H19ClN2O/c16-12-5-3-4-11(10-12)15(8-9-15)18-14(19)17-13-6-1-2-7-13/h3-5,10,13H,1-2,6-9H2,(H2,17,18,19). The summed E-state index contributed by atoms with van der Waals surface area (Å²) in [7, 11) is 0. The maximum atomic E-state index is 12.1. The molecule has 0 bridgehead atoms. The Balaban J connectivity index is 1.63. The molecule has 0 radical (unpaired) electrons. The van der Waals surface area contributed by atoms with Crippen LogP contribution in [0.5, 0.6) is 0 Å². The van der Waals surface area contributed by atoms with Gasteiger partial charge in [0, 0.05) is 11.1 Å². The van der Waals surface area contributed by atoms with Crippen LogP contribution in [0.25, 0.3) is 0 Å². The Morgan fingerprint density at radius 2 is 2.00 bits per heavy atom. The molecule has 4 heteroatoms. The molecule has 3 nitrogen and oxygen atoms in total. The van der Waals surface area contributed by atoms with Crippen molar-refractivity contribution < 1.29 is 4.79 Å². The first-order valence-corrected chi connectivity index (χ1v) is 7.40. The molecule has 0 aromatic heterocycles. The zero-order valence-corrected chi connectivity index (χ0v) is 11.7. The Morgan fingerprint density at radius 1 is 1.26 bits per heavy atom. The molecule has 2 saturated carbocycles. The van der Waals surface area contributed by atoms with Gasteiger partial charge in [-0.1, -0.05) is 36.6 Å². The summed E-state index contributed by atoms with van der Waals surface area (Å²) in [6.07, 6.45) is 6.65. The number of urea groups is 1. The minimum atomic E-state index is -0.187. The monoisotopic (exact) mass is 278 g/mol. The van der Waals surface area contributed by atoms with Gasteiger partial charge in [-0.3, -0.25) is 0 Å². The van der Waals surface area contributed by atoms with Gasteiger partial charge < -0.3 is 10.6 Å². The first kappa shape index (κ1) is 12.8. The van der Waals surface area contributed by atoms with Crippen LogP contribution in [-0.4, -0.2) is 12.1 Å². The van der Waals surface area contributed by atoms with Crippen LogP contribution in [0.4, 0.5) is 4.79 Å². The lowest BCUT2D eigenvalue weighted by Gasteiger charge is -2.20. The maximum absolute atomic E-state index is 12.1. The summed E-state index contributed by atoms with van der Waals surface area (Å²) < 4.78 is 0. The molecule has 1 aromatic rings. The summed E-state index contributed by atoms with van der Waals surface area (Å²) in [6, 6.07) is 8.10. The molecule has 0 spiro atoms. The second-order valence-corrected chi connectivity index (χ2v) is 6.11. The van der Waals surface area contributed by atoms with E-state index in [1.54, 1.807) is 0 Å². The van der Waals surface area contributed by atoms with E-state index >= 15 is 0 Å². The van der Waals surface area contributed by atoms with Crippen molar-refractivity contribution >= 4 is 17.6 Å². The van der Waals surface area contributed by atoms with E-state index in [0.29, 0.717) is 6.04 Å². The lowest BCUT2D eigenvalue weighted by molar-refractivity contribution is 0.232. The second-order valence-electron chi connectivity index (χ2n) is 5.67. The first-order valence-electron chi connectivity index (χ1n) is 7.03. The van der Waals surface area contributed by atoms with Crippen molar-refractivity contribution in [1.29, 1.82) is 0 Å². The van der Waals surface area contributed by atoms with E-state index in [9.17, 15) is 4.79 Å². The van der Waals surface area contributed by atoms with Crippen molar-refractivity contribution in [3.63, 3.8) is 0 Å². The summed E-state index contributed by atoms with van der Waals surface area (Å²) >= 11 is 6.02. The van der Waals surface area contributed by atoms with Crippen molar-refractivity contribution in [2.75, 3.05) is 0 Å². The highest BCUT2D eigenvalue weighted by atomic mass is 35.5. The van der Waals surface area contributed by atoms with Crippen LogP contribution < -0.4 is 10.6 Å². The number of carbonyl (C=O) groups is 1. The average Bonchev–Trinajstić information content (AvgIpc) is 2.97. The third-order valence-electron chi connectivity index (χ3n) is 4.17. The molecule has 0 aliphatic heterocycles. The van der Waals surface area contributed by atoms with Gasteiger partial charge >= 0.3 is 6.03 Å². The topological polar surface area (TPSA) is 41.1 Å². The Kier molecular flexibility index (Phi) is 3.40. The number of hydrogen-bond donors (Lipinski definition) is 2. The molecule has 1 aromatic carbocycles. The number of rotatable bonds is 3. The van der Waals surface area contributed by atoms with Crippen LogP contribution >= 0.6 is 11.6 Å². The lowest BCUT2D eigenvalue weighted by atomic mass is 10.1. The minimum Gasteiger partial charge on any atom is -0.335 e. The van der Waals surface area contributed by atoms with E-state index in [0.717, 1.165) is 36.3 Å². The fourth-order valence-electron chi connectivity index (χ4n) is 2.91. The van der Waals surface area contributed by atoms with Crippen molar-refractivity contribution in [3.05, 3.63) is 34.9 Å². The summed E-state index contributed by atoms with van der Waals surface area (Å²) in [4.78, 5) is 12.1. The van der Waals surface area contributed by atoms with E-state index in [2.05, 4.69) is 10.6 Å². The summed E-state index contributed by atoms with van der Waals surface area (Å²) in [5.41, 5.74) is 0.926. The van der Waals surface area contributed by atoms with Crippen molar-refractivity contribution in [2.24, 2.45) is 0 Å². The zero-order chi connectivity index (χ0) is 13.3. The average molecular weight is 279 g/mol. The van der Waals surface area contributed by atoms with Gasteiger partial charge in [-0.2, -0.15) is 0 Å². The molecule has 2 fully saturated rings. The molecule has 2 amide bonds. The quantitative estimate of drug-likeness (QED) is 0.872. The Morgan fingerprint density at radius 3 is 2.63 bits per heavy atom. The number of halogens is 1. The number of hydrogen-bond acceptors (Lipinski definition) is 1. The highest BCUT2D eigenvalue weighted by Gasteiger charge is 2.45. The Labute approximate surface area is 118 Å². The summed E-state index contributed by atoms with van der Waals surface area (Å²) in [5.74, 6) is 0. The largest absolute Gasteiger partial charge is 0.335 e. The number of nitrogens with one attached hydrogen (secondary N) is 2. The third-order valence-corrected chi connectivity index (χ3v) is 4.41. The summed E-state index contributed by atoms with van der Waals surface area (Å²) in [6.45, 7) is 0. The zero-order valence-electron chi connectivity index (χ0n) is 10.9. The highest BCUT2D eigenvalue weighted by Crippen LogP contribution is 2.45. The van der Waals surface area contributed by atoms with Crippen LogP contribution in [0.3, 0.4) is 0 Å². The molecular formula is C15H19ClN2O. The fourth-order valence-corrected chi connectivity index (χ4v) is 3.10. The predicted molar refractivity (Wildman–Crippen MR) is 76.3 cm³/mol. The van der Waals surface area contributed by atoms with Gasteiger partial charge in [0.1, 0.15) is 0 Å². The van der Waals surface area contributed by atoms with E-state index in [-0.39, 0.29) is 11.6 Å². The molecule has 0 atom stereocenters. The third kappa shape index (κ3) is 2.86. The number of amides is 2. The van der Waals surface area contributed by atoms with Crippen LogP contribution in [0.2, 0.25) is 5.02 Å². The molecule has 3 rings (SSSR count). The molecule has 0 saturated heterocycles. The van der Waals surface area contributed by atoms with E-state index in [1.807, 2.05) is 24.3 Å². The lowest BCUT2D eigenvalue weighted by Crippen LogP contribution is -2.45. The van der Waals surface area contributed by atoms with Crippen LogP contribution in [0.15, 0.2) is 24.3 Å². The molecule has 19 heavy (non-hydrogen) atoms. The van der Waals surface area contributed by atoms with Gasteiger partial charge in [0.15, 0.2) is 0 Å². The van der Waals surface area contributed by atoms with Crippen LogP contribution in [-0.2, 0) is 5.54 Å². The van der Waals surface area contributed by atoms with Crippen LogP contribution in [0.1, 0.15) is 44.1 Å². The van der Waals surface area contributed by atoms with Gasteiger partial charge in [0.05, 0.1) is 5.54 Å². The molecule has 2 N–H and O–H groups in total. The van der Waals surface area contributed by atoms with Gasteiger partial charge in [0.2, 0.25) is 0 Å². The van der Waals surface area contributed by atoms with Crippen molar-refractivity contribution in [3.8, 4) is 0 Å². The van der Waals surface area contributed by atoms with E-state index < -0.39 is 0 Å². The van der Waals surface area contributed by atoms with Gasteiger partial charge in [0.25, 0.3) is 0 Å². The summed E-state index contributed by atoms with van der Waals surface area (Å²) in [5, 5.41) is 6.93. The van der Waals surface area contributed by atoms with Gasteiger partial charge in [-0.05, 0) is 43.4 Å². The molecule has 102 valence electrons. The molecule has 2 aliphatic carbocycles. The normalized spacial score (nSPS) is 21.1. The second kappa shape index (κ2) is 5.04. The number of benzene rings is 1. The van der Waals surface area contributed by atoms with Gasteiger partial charge in [-0.25, -0.2) is 4.79 Å². The van der Waals surface area contributed by atoms with E-state index in [1.165, 1.54) is 12.8 Å². The predicted octanol–water partition coefficient (Wildman–Crippen LogP) is 3.57. The molecule has 0 heterocycles. The fraction of sp³-hybridized carbons (Fsp3) is 0.533. The highest BCUT2D eigenvalue weighted by molar-refractivity contribution is 6.30. The Bertz CT molecular complexity index is 479. The van der Waals surface area contributed by atoms with Crippen LogP contribution in [0, 0.1) is 0 Å². The first-order chi connectivity index (χ1) is 9.18. The molecule has 0 unspecified atom stereocenters. The number of carbonyl (C=O) groups excluding carboxylic acids is 1. The van der Waals surface area contributed by atoms with Gasteiger partial charge in [-0.15, -0.1) is 0 Å². The minimum absolute atomic E-state index is 0.0376. The molecule has 2 aliphatic rings. The van der Waals surface area contributed by atoms with E-state index in [4.69, 9.17) is 11.6 Å². The SMILES string of the molecule is O=C(NC1CCCC1)NC1(c2cccc(Cl)c2)CC1. The smallest absolute Gasteiger partial charge is 0.315 e. The van der Waals surface area contributed by atoms with Crippen molar-refractivity contribution in [1.82, 2.24) is 10.6 Å². The Hall–Kier alpha value is -1.22. The maximum Gasteiger partial charge on any atom is 0.315 e. The molecular weight excluding hydrogens is 260 g/mol. The van der Waals surface area contributed by atoms with Crippen molar-refractivity contribution in [2.45, 2.75) is 50.1 Å².